The van der Waals surface area contributed by atoms with E-state index < -0.39 is 6.10 Å². The van der Waals surface area contributed by atoms with Crippen molar-refractivity contribution in [3.05, 3.63) is 64.7 Å². The number of carbonyl (C=O) groups is 1. The summed E-state index contributed by atoms with van der Waals surface area (Å²) in [5.41, 5.74) is 2.26. The number of halogens is 1. The van der Waals surface area contributed by atoms with E-state index in [1.165, 1.54) is 12.0 Å². The minimum Gasteiger partial charge on any atom is -0.480 e. The molecular weight excluding hydrogens is 396 g/mol. The van der Waals surface area contributed by atoms with Crippen molar-refractivity contribution in [2.45, 2.75) is 44.8 Å². The number of benzene rings is 2. The third kappa shape index (κ3) is 4.81. The topological polar surface area (TPSA) is 32.8 Å². The summed E-state index contributed by atoms with van der Waals surface area (Å²) >= 11 is 6.14. The van der Waals surface area contributed by atoms with Crippen molar-refractivity contribution >= 4 is 17.5 Å². The summed E-state index contributed by atoms with van der Waals surface area (Å²) in [5, 5.41) is 0.711. The average molecular weight is 427 g/mol. The molecule has 2 aromatic rings. The minimum absolute atomic E-state index is 0.0144. The SMILES string of the molecule is C[C@H]1CCN(C[C@H](c2ccccc2)N(C)C(=O)C2CCCc3cc(Cl)ccc3O2)C1. The van der Waals surface area contributed by atoms with Gasteiger partial charge in [0.2, 0.25) is 0 Å². The molecule has 2 aliphatic heterocycles. The highest BCUT2D eigenvalue weighted by atomic mass is 35.5. The Labute approximate surface area is 184 Å². The minimum atomic E-state index is -0.457. The van der Waals surface area contributed by atoms with Crippen LogP contribution in [0.25, 0.3) is 0 Å². The number of carbonyl (C=O) groups excluding carboxylic acids is 1. The van der Waals surface area contributed by atoms with Gasteiger partial charge in [-0.3, -0.25) is 4.79 Å². The van der Waals surface area contributed by atoms with Crippen LogP contribution in [0.5, 0.6) is 5.75 Å². The van der Waals surface area contributed by atoms with Crippen LogP contribution in [0, 0.1) is 5.92 Å². The Morgan fingerprint density at radius 3 is 2.77 bits per heavy atom. The van der Waals surface area contributed by atoms with Crippen molar-refractivity contribution in [1.82, 2.24) is 9.80 Å². The summed E-state index contributed by atoms with van der Waals surface area (Å²) in [5.74, 6) is 1.56. The van der Waals surface area contributed by atoms with E-state index in [-0.39, 0.29) is 11.9 Å². The smallest absolute Gasteiger partial charge is 0.263 e. The molecular formula is C25H31ClN2O2. The highest BCUT2D eigenvalue weighted by Crippen LogP contribution is 2.31. The molecule has 2 aliphatic rings. The van der Waals surface area contributed by atoms with Crippen LogP contribution in [0.3, 0.4) is 0 Å². The second kappa shape index (κ2) is 9.40. The highest BCUT2D eigenvalue weighted by Gasteiger charge is 2.33. The highest BCUT2D eigenvalue weighted by molar-refractivity contribution is 6.30. The molecule has 0 aliphatic carbocycles. The van der Waals surface area contributed by atoms with Gasteiger partial charge in [-0.2, -0.15) is 0 Å². The maximum absolute atomic E-state index is 13.5. The predicted molar refractivity (Wildman–Crippen MR) is 121 cm³/mol. The first-order valence-corrected chi connectivity index (χ1v) is 11.4. The number of likely N-dealkylation sites (tertiary alicyclic amines) is 1. The van der Waals surface area contributed by atoms with Crippen LogP contribution in [-0.2, 0) is 11.2 Å². The molecule has 2 aromatic carbocycles. The van der Waals surface area contributed by atoms with Gasteiger partial charge in [0.25, 0.3) is 5.91 Å². The first kappa shape index (κ1) is 21.2. The summed E-state index contributed by atoms with van der Waals surface area (Å²) in [6.45, 7) is 5.35. The fraction of sp³-hybridized carbons (Fsp3) is 0.480. The van der Waals surface area contributed by atoms with Gasteiger partial charge in [-0.15, -0.1) is 0 Å². The van der Waals surface area contributed by atoms with Crippen molar-refractivity contribution in [2.75, 3.05) is 26.7 Å². The van der Waals surface area contributed by atoms with Crippen LogP contribution in [0.1, 0.15) is 43.4 Å². The maximum Gasteiger partial charge on any atom is 0.263 e. The third-order valence-electron chi connectivity index (χ3n) is 6.42. The molecule has 0 radical (unpaired) electrons. The Morgan fingerprint density at radius 2 is 2.03 bits per heavy atom. The number of hydrogen-bond acceptors (Lipinski definition) is 3. The molecule has 0 saturated carbocycles. The lowest BCUT2D eigenvalue weighted by Crippen LogP contribution is -2.44. The van der Waals surface area contributed by atoms with Crippen molar-refractivity contribution in [3.8, 4) is 5.75 Å². The molecule has 3 atom stereocenters. The number of hydrogen-bond donors (Lipinski definition) is 0. The standard InChI is InChI=1S/C25H31ClN2O2/c1-18-13-14-28(16-18)17-22(19-7-4-3-5-8-19)27(2)25(29)24-10-6-9-20-15-21(26)11-12-23(20)30-24/h3-5,7-8,11-12,15,18,22,24H,6,9-10,13-14,16-17H2,1-2H3/t18-,22+,24?/m0/s1. The fourth-order valence-corrected chi connectivity index (χ4v) is 4.86. The molecule has 1 saturated heterocycles. The number of rotatable bonds is 5. The Hall–Kier alpha value is -2.04. The van der Waals surface area contributed by atoms with Crippen LogP contribution < -0.4 is 4.74 Å². The van der Waals surface area contributed by atoms with E-state index in [2.05, 4.69) is 36.1 Å². The monoisotopic (exact) mass is 426 g/mol. The summed E-state index contributed by atoms with van der Waals surface area (Å²) in [4.78, 5) is 17.9. The Morgan fingerprint density at radius 1 is 1.23 bits per heavy atom. The summed E-state index contributed by atoms with van der Waals surface area (Å²) in [7, 11) is 1.93. The van der Waals surface area contributed by atoms with Crippen LogP contribution >= 0.6 is 11.6 Å². The molecule has 0 spiro atoms. The van der Waals surface area contributed by atoms with Gasteiger partial charge in [0, 0.05) is 25.2 Å². The molecule has 0 aromatic heterocycles. The molecule has 1 unspecified atom stereocenters. The molecule has 4 rings (SSSR count). The Bertz CT molecular complexity index is 873. The first-order valence-electron chi connectivity index (χ1n) is 11.0. The van der Waals surface area contributed by atoms with Crippen LogP contribution in [0.15, 0.2) is 48.5 Å². The molecule has 0 bridgehead atoms. The maximum atomic E-state index is 13.5. The zero-order chi connectivity index (χ0) is 21.1. The lowest BCUT2D eigenvalue weighted by atomic mass is 10.0. The van der Waals surface area contributed by atoms with Crippen LogP contribution in [0.2, 0.25) is 5.02 Å². The van der Waals surface area contributed by atoms with Gasteiger partial charge in [-0.1, -0.05) is 48.9 Å². The van der Waals surface area contributed by atoms with E-state index in [1.54, 1.807) is 0 Å². The summed E-state index contributed by atoms with van der Waals surface area (Å²) in [6.07, 6.45) is 3.29. The second-order valence-electron chi connectivity index (χ2n) is 8.78. The Balaban J connectivity index is 1.53. The third-order valence-corrected chi connectivity index (χ3v) is 6.65. The summed E-state index contributed by atoms with van der Waals surface area (Å²) < 4.78 is 6.20. The lowest BCUT2D eigenvalue weighted by Gasteiger charge is -2.34. The van der Waals surface area contributed by atoms with E-state index in [1.807, 2.05) is 36.2 Å². The molecule has 1 amide bonds. The van der Waals surface area contributed by atoms with E-state index in [0.717, 1.165) is 56.1 Å². The molecule has 1 fully saturated rings. The van der Waals surface area contributed by atoms with Gasteiger partial charge in [-0.25, -0.2) is 0 Å². The largest absolute Gasteiger partial charge is 0.480 e. The summed E-state index contributed by atoms with van der Waals surface area (Å²) in [6, 6.07) is 16.1. The van der Waals surface area contributed by atoms with Gasteiger partial charge in [0.15, 0.2) is 6.10 Å². The van der Waals surface area contributed by atoms with Crippen LogP contribution in [0.4, 0.5) is 0 Å². The van der Waals surface area contributed by atoms with Gasteiger partial charge >= 0.3 is 0 Å². The molecule has 0 N–H and O–H groups in total. The first-order chi connectivity index (χ1) is 14.5. The fourth-order valence-electron chi connectivity index (χ4n) is 4.67. The molecule has 2 heterocycles. The number of amides is 1. The number of fused-ring (bicyclic) bond motifs is 1. The van der Waals surface area contributed by atoms with Crippen LogP contribution in [-0.4, -0.2) is 48.5 Å². The van der Waals surface area contributed by atoms with Gasteiger partial charge < -0.3 is 14.5 Å². The zero-order valence-corrected chi connectivity index (χ0v) is 18.6. The quantitative estimate of drug-likeness (QED) is 0.677. The lowest BCUT2D eigenvalue weighted by molar-refractivity contribution is -0.140. The zero-order valence-electron chi connectivity index (χ0n) is 17.9. The van der Waals surface area contributed by atoms with Crippen molar-refractivity contribution in [1.29, 1.82) is 0 Å². The average Bonchev–Trinajstić information content (AvgIpc) is 3.05. The number of ether oxygens (including phenoxy) is 1. The van der Waals surface area contributed by atoms with E-state index in [9.17, 15) is 4.79 Å². The number of aryl methyl sites for hydroxylation is 1. The van der Waals surface area contributed by atoms with Crippen molar-refractivity contribution in [3.63, 3.8) is 0 Å². The molecule has 4 nitrogen and oxygen atoms in total. The van der Waals surface area contributed by atoms with Crippen molar-refractivity contribution < 1.29 is 9.53 Å². The van der Waals surface area contributed by atoms with E-state index in [4.69, 9.17) is 16.3 Å². The van der Waals surface area contributed by atoms with E-state index in [0.29, 0.717) is 5.02 Å². The molecule has 30 heavy (non-hydrogen) atoms. The normalized spacial score (nSPS) is 22.6. The Kier molecular flexibility index (Phi) is 6.64. The number of likely N-dealkylation sites (N-methyl/N-ethyl adjacent to an activating group) is 1. The molecule has 5 heteroatoms. The van der Waals surface area contributed by atoms with Gasteiger partial charge in [0.1, 0.15) is 5.75 Å². The molecule has 160 valence electrons. The second-order valence-corrected chi connectivity index (χ2v) is 9.22. The van der Waals surface area contributed by atoms with E-state index >= 15 is 0 Å². The predicted octanol–water partition coefficient (Wildman–Crippen LogP) is 4.97. The number of nitrogens with zero attached hydrogens (tertiary/aromatic N) is 2. The van der Waals surface area contributed by atoms with Gasteiger partial charge in [0.05, 0.1) is 6.04 Å². The van der Waals surface area contributed by atoms with Crippen molar-refractivity contribution in [2.24, 2.45) is 5.92 Å². The van der Waals surface area contributed by atoms with Gasteiger partial charge in [-0.05, 0) is 67.5 Å².